The Morgan fingerprint density at radius 1 is 1.05 bits per heavy atom. The number of aryl methyl sites for hydroxylation is 1. The summed E-state index contributed by atoms with van der Waals surface area (Å²) >= 11 is 0. The van der Waals surface area contributed by atoms with Gasteiger partial charge in [-0.15, -0.1) is 0 Å². The number of rotatable bonds is 5. The van der Waals surface area contributed by atoms with Crippen LogP contribution in [-0.4, -0.2) is 37.2 Å². The lowest BCUT2D eigenvalue weighted by atomic mass is 10.1. The molecule has 1 amide bonds. The van der Waals surface area contributed by atoms with Gasteiger partial charge in [0.2, 0.25) is 0 Å². The van der Waals surface area contributed by atoms with Crippen molar-refractivity contribution in [2.75, 3.05) is 0 Å². The van der Waals surface area contributed by atoms with E-state index in [1.54, 1.807) is 45.0 Å². The summed E-state index contributed by atoms with van der Waals surface area (Å²) < 4.78 is 114. The van der Waals surface area contributed by atoms with Crippen molar-refractivity contribution in [3.8, 4) is 17.1 Å². The van der Waals surface area contributed by atoms with Crippen LogP contribution in [0.15, 0.2) is 36.8 Å². The Hall–Kier alpha value is -3.65. The molecule has 3 rings (SSSR count). The summed E-state index contributed by atoms with van der Waals surface area (Å²) in [7, 11) is 0.809. The van der Waals surface area contributed by atoms with E-state index in [2.05, 4.69) is 15.4 Å². The summed E-state index contributed by atoms with van der Waals surface area (Å²) in [6.45, 7) is 5.09. The van der Waals surface area contributed by atoms with E-state index in [0.29, 0.717) is 15.7 Å². The molecule has 2 heterocycles. The van der Waals surface area contributed by atoms with Crippen molar-refractivity contribution in [1.82, 2.24) is 24.6 Å². The van der Waals surface area contributed by atoms with Gasteiger partial charge in [-0.1, -0.05) is 18.2 Å². The summed E-state index contributed by atoms with van der Waals surface area (Å²) in [6.07, 6.45) is -10.7. The maximum atomic E-state index is 13.9. The van der Waals surface area contributed by atoms with Crippen LogP contribution in [0.1, 0.15) is 37.6 Å². The number of hydrogen-bond acceptors (Lipinski definition) is 4. The Kier molecular flexibility index (Phi) is 7.05. The Morgan fingerprint density at radius 3 is 2.27 bits per heavy atom. The van der Waals surface area contributed by atoms with Crippen molar-refractivity contribution in [1.29, 1.82) is 0 Å². The van der Waals surface area contributed by atoms with E-state index >= 15 is 0 Å². The summed E-state index contributed by atoms with van der Waals surface area (Å²) in [5.74, 6) is -6.93. The van der Waals surface area contributed by atoms with Crippen LogP contribution in [0.5, 0.6) is 0 Å². The van der Waals surface area contributed by atoms with Gasteiger partial charge in [0.05, 0.1) is 5.69 Å². The average Bonchev–Trinajstić information content (AvgIpc) is 3.35. The fourth-order valence-corrected chi connectivity index (χ4v) is 3.34. The molecule has 0 radical (unpaired) electrons. The first kappa shape index (κ1) is 27.9. The summed E-state index contributed by atoms with van der Waals surface area (Å²) in [4.78, 5) is 15.8. The zero-order valence-corrected chi connectivity index (χ0v) is 19.8. The first-order valence-electron chi connectivity index (χ1n) is 10.5. The molecule has 3 aromatic rings. The van der Waals surface area contributed by atoms with Gasteiger partial charge < -0.3 is 10.1 Å². The van der Waals surface area contributed by atoms with E-state index in [-0.39, 0.29) is 16.9 Å². The van der Waals surface area contributed by atoms with Gasteiger partial charge in [-0.25, -0.2) is 9.78 Å². The van der Waals surface area contributed by atoms with Crippen LogP contribution in [0.4, 0.5) is 39.9 Å². The molecule has 0 saturated carbocycles. The lowest BCUT2D eigenvalue weighted by molar-refractivity contribution is -0.292. The van der Waals surface area contributed by atoms with E-state index < -0.39 is 47.0 Å². The van der Waals surface area contributed by atoms with Gasteiger partial charge in [-0.05, 0) is 32.4 Å². The number of hydrogen-bond donors (Lipinski definition) is 1. The number of benzene rings is 1. The SMILES string of the molecule is Cn1nc(C(F)(F)C(F)(F)F)c(C(F)(F)F)c1-n1cnc(-c2cccc(CNC(=O)OC(C)(C)C)c2)c1. The van der Waals surface area contributed by atoms with Crippen molar-refractivity contribution in [3.63, 3.8) is 0 Å². The Labute approximate surface area is 205 Å². The molecule has 0 aliphatic rings. The topological polar surface area (TPSA) is 74.0 Å². The highest BCUT2D eigenvalue weighted by Gasteiger charge is 2.64. The largest absolute Gasteiger partial charge is 0.459 e. The molecule has 37 heavy (non-hydrogen) atoms. The molecule has 0 unspecified atom stereocenters. The summed E-state index contributed by atoms with van der Waals surface area (Å²) in [6, 6.07) is 6.32. The van der Waals surface area contributed by atoms with Crippen molar-refractivity contribution >= 4 is 6.09 Å². The maximum absolute atomic E-state index is 13.9. The molecule has 2 aromatic heterocycles. The van der Waals surface area contributed by atoms with Crippen LogP contribution in [0.2, 0.25) is 0 Å². The van der Waals surface area contributed by atoms with E-state index in [0.717, 1.165) is 19.6 Å². The molecule has 1 N–H and O–H groups in total. The fraction of sp³-hybridized carbons (Fsp3) is 0.409. The molecular formula is C22H21F8N5O2. The van der Waals surface area contributed by atoms with Gasteiger partial charge in [-0.3, -0.25) is 9.25 Å². The van der Waals surface area contributed by atoms with Gasteiger partial charge in [-0.2, -0.15) is 40.2 Å². The van der Waals surface area contributed by atoms with E-state index in [9.17, 15) is 39.9 Å². The predicted octanol–water partition coefficient (Wildman–Crippen LogP) is 5.97. The number of imidazole rings is 1. The smallest absolute Gasteiger partial charge is 0.444 e. The average molecular weight is 539 g/mol. The molecule has 15 heteroatoms. The third kappa shape index (κ3) is 6.02. The number of nitrogens with one attached hydrogen (secondary N) is 1. The molecule has 0 aliphatic heterocycles. The Bertz CT molecular complexity index is 1290. The summed E-state index contributed by atoms with van der Waals surface area (Å²) in [5, 5.41) is 5.42. The first-order valence-corrected chi connectivity index (χ1v) is 10.5. The number of amides is 1. The number of halogens is 8. The van der Waals surface area contributed by atoms with Crippen LogP contribution in [-0.2, 0) is 30.4 Å². The highest BCUT2D eigenvalue weighted by molar-refractivity contribution is 5.68. The number of carbonyl (C=O) groups is 1. The number of ether oxygens (including phenoxy) is 1. The lowest BCUT2D eigenvalue weighted by Crippen LogP contribution is -2.36. The number of carbonyl (C=O) groups excluding carboxylic acids is 1. The van der Waals surface area contributed by atoms with Gasteiger partial charge >= 0.3 is 24.4 Å². The third-order valence-corrected chi connectivity index (χ3v) is 4.84. The van der Waals surface area contributed by atoms with Crippen LogP contribution in [0.25, 0.3) is 17.1 Å². The summed E-state index contributed by atoms with van der Waals surface area (Å²) in [5.41, 5.74) is -4.39. The van der Waals surface area contributed by atoms with Crippen LogP contribution in [0.3, 0.4) is 0 Å². The van der Waals surface area contributed by atoms with Crippen LogP contribution >= 0.6 is 0 Å². The number of aromatic nitrogens is 4. The molecule has 0 spiro atoms. The normalized spacial score (nSPS) is 13.1. The minimum Gasteiger partial charge on any atom is -0.444 e. The second kappa shape index (κ2) is 9.34. The van der Waals surface area contributed by atoms with Crippen molar-refractivity contribution < 1.29 is 44.7 Å². The first-order chi connectivity index (χ1) is 16.8. The monoisotopic (exact) mass is 539 g/mol. The molecule has 0 fully saturated rings. The molecule has 0 aliphatic carbocycles. The van der Waals surface area contributed by atoms with Crippen molar-refractivity contribution in [3.05, 3.63) is 53.6 Å². The maximum Gasteiger partial charge on any atom is 0.459 e. The minimum absolute atomic E-state index is 0.0410. The van der Waals surface area contributed by atoms with Gasteiger partial charge in [0, 0.05) is 25.4 Å². The van der Waals surface area contributed by atoms with Crippen LogP contribution < -0.4 is 5.32 Å². The molecule has 0 bridgehead atoms. The van der Waals surface area contributed by atoms with E-state index in [1.807, 2.05) is 0 Å². The quantitative estimate of drug-likeness (QED) is 0.406. The second-order valence-corrected chi connectivity index (χ2v) is 8.96. The fourth-order valence-electron chi connectivity index (χ4n) is 3.34. The highest BCUT2D eigenvalue weighted by Crippen LogP contribution is 2.49. The molecular weight excluding hydrogens is 518 g/mol. The van der Waals surface area contributed by atoms with E-state index in [4.69, 9.17) is 4.74 Å². The Morgan fingerprint density at radius 2 is 1.70 bits per heavy atom. The minimum atomic E-state index is -6.30. The molecule has 202 valence electrons. The lowest BCUT2D eigenvalue weighted by Gasteiger charge is -2.19. The molecule has 7 nitrogen and oxygen atoms in total. The van der Waals surface area contributed by atoms with Crippen molar-refractivity contribution in [2.45, 2.75) is 51.2 Å². The van der Waals surface area contributed by atoms with Gasteiger partial charge in [0.1, 0.15) is 23.3 Å². The molecule has 1 aromatic carbocycles. The van der Waals surface area contributed by atoms with Crippen molar-refractivity contribution in [2.24, 2.45) is 7.05 Å². The molecule has 0 saturated heterocycles. The second-order valence-electron chi connectivity index (χ2n) is 8.96. The van der Waals surface area contributed by atoms with Gasteiger partial charge in [0.25, 0.3) is 0 Å². The molecule has 0 atom stereocenters. The van der Waals surface area contributed by atoms with Crippen LogP contribution in [0, 0.1) is 0 Å². The standard InChI is InChI=1S/C22H21F8N5O2/c1-19(2,3)37-18(36)31-9-12-6-5-7-13(8-12)14-10-35(11-32-14)17-15(21(25,26)27)16(33-34(17)4)20(23,24)22(28,29)30/h5-8,10-11H,9H2,1-4H3,(H,31,36). The van der Waals surface area contributed by atoms with Gasteiger partial charge in [0.15, 0.2) is 5.69 Å². The number of alkyl carbamates (subject to hydrolysis) is 1. The third-order valence-electron chi connectivity index (χ3n) is 4.84. The number of nitrogens with zero attached hydrogens (tertiary/aromatic N) is 4. The zero-order chi connectivity index (χ0) is 28.0. The highest BCUT2D eigenvalue weighted by atomic mass is 19.4. The number of alkyl halides is 8. The van der Waals surface area contributed by atoms with E-state index in [1.165, 1.54) is 0 Å². The Balaban J connectivity index is 1.97. The predicted molar refractivity (Wildman–Crippen MR) is 114 cm³/mol. The zero-order valence-electron chi connectivity index (χ0n) is 19.8.